The molecular weight excluding hydrogens is 556 g/mol. The van der Waals surface area contributed by atoms with Crippen LogP contribution in [0.2, 0.25) is 0 Å². The van der Waals surface area contributed by atoms with E-state index in [1.165, 1.54) is 18.3 Å². The van der Waals surface area contributed by atoms with Crippen LogP contribution in [-0.4, -0.2) is 43.2 Å². The monoisotopic (exact) mass is 590 g/mol. The average Bonchev–Trinajstić information content (AvgIpc) is 3.41. The minimum absolute atomic E-state index is 0.191. The molecule has 2 aromatic carbocycles. The van der Waals surface area contributed by atoms with E-state index < -0.39 is 17.9 Å². The van der Waals surface area contributed by atoms with Gasteiger partial charge < -0.3 is 30.2 Å². The molecule has 0 saturated heterocycles. The number of rotatable bonds is 10. The molecule has 0 fully saturated rings. The van der Waals surface area contributed by atoms with Crippen molar-refractivity contribution in [2.75, 3.05) is 31.0 Å². The van der Waals surface area contributed by atoms with E-state index in [1.807, 2.05) is 35.7 Å². The van der Waals surface area contributed by atoms with Gasteiger partial charge in [0.25, 0.3) is 0 Å². The van der Waals surface area contributed by atoms with Gasteiger partial charge in [-0.25, -0.2) is 14.6 Å². The van der Waals surface area contributed by atoms with Crippen LogP contribution in [0.1, 0.15) is 46.1 Å². The summed E-state index contributed by atoms with van der Waals surface area (Å²) >= 11 is 1.40. The minimum atomic E-state index is -0.741. The van der Waals surface area contributed by atoms with Crippen LogP contribution in [0.25, 0.3) is 11.3 Å². The zero-order valence-corrected chi connectivity index (χ0v) is 25.2. The van der Waals surface area contributed by atoms with Gasteiger partial charge in [-0.15, -0.1) is 11.3 Å². The van der Waals surface area contributed by atoms with Crippen molar-refractivity contribution < 1.29 is 28.6 Å². The number of carbonyl (C=O) groups is 3. The zero-order valence-electron chi connectivity index (χ0n) is 24.4. The highest BCUT2D eigenvalue weighted by atomic mass is 32.1. The number of anilines is 3. The van der Waals surface area contributed by atoms with Crippen LogP contribution >= 0.6 is 11.3 Å². The predicted molar refractivity (Wildman–Crippen MR) is 163 cm³/mol. The van der Waals surface area contributed by atoms with E-state index >= 15 is 0 Å². The van der Waals surface area contributed by atoms with Gasteiger partial charge in [0.05, 0.1) is 48.8 Å². The molecule has 220 valence electrons. The first-order valence-corrected chi connectivity index (χ1v) is 14.4. The fraction of sp³-hybridized carbons (Fsp3) is 0.290. The van der Waals surface area contributed by atoms with Crippen molar-refractivity contribution in [2.24, 2.45) is 0 Å². The van der Waals surface area contributed by atoms with Crippen LogP contribution in [0.5, 0.6) is 5.75 Å². The van der Waals surface area contributed by atoms with Crippen molar-refractivity contribution in [1.29, 1.82) is 0 Å². The molecule has 0 aliphatic carbocycles. The number of hydrogen-bond acceptors (Lipinski definition) is 10. The highest BCUT2D eigenvalue weighted by Gasteiger charge is 2.39. The number of dihydropyridines is 1. The number of benzene rings is 2. The van der Waals surface area contributed by atoms with Gasteiger partial charge in [-0.1, -0.05) is 18.2 Å². The number of allylic oxidation sites excluding steroid dienone is 2. The molecule has 11 heteroatoms. The number of esters is 2. The highest BCUT2D eigenvalue weighted by Crippen LogP contribution is 2.43. The minimum Gasteiger partial charge on any atom is -0.495 e. The summed E-state index contributed by atoms with van der Waals surface area (Å²) in [5.41, 5.74) is 5.27. The van der Waals surface area contributed by atoms with Gasteiger partial charge in [0, 0.05) is 34.9 Å². The number of amides is 1. The van der Waals surface area contributed by atoms with Gasteiger partial charge in [-0.05, 0) is 57.5 Å². The molecule has 0 atom stereocenters. The van der Waals surface area contributed by atoms with E-state index in [-0.39, 0.29) is 19.1 Å². The lowest BCUT2D eigenvalue weighted by Crippen LogP contribution is -2.32. The molecule has 10 nitrogen and oxygen atoms in total. The molecule has 1 amide bonds. The van der Waals surface area contributed by atoms with E-state index in [2.05, 4.69) is 16.0 Å². The van der Waals surface area contributed by atoms with Gasteiger partial charge >= 0.3 is 11.9 Å². The summed E-state index contributed by atoms with van der Waals surface area (Å²) in [6.07, 6.45) is 0. The standard InChI is InChI=1S/C31H34N4O6S/c1-7-40-29(37)26-17(3)32-18(4)27(30(38)41-8-2)28(26)21-11-9-10-12-22(21)34-31-35-24(16-42-31)20-13-14-25(39-6)23(15-20)33-19(5)36/h9-16,28,32H,7-8H2,1-6H3,(H,33,36)(H,34,35). The third-order valence-electron chi connectivity index (χ3n) is 6.57. The maximum absolute atomic E-state index is 13.2. The Bertz CT molecular complexity index is 1530. The molecule has 1 aromatic heterocycles. The summed E-state index contributed by atoms with van der Waals surface area (Å²) in [6.45, 7) is 8.88. The summed E-state index contributed by atoms with van der Waals surface area (Å²) in [6, 6.07) is 12.9. The molecule has 2 heterocycles. The molecule has 0 saturated carbocycles. The fourth-order valence-corrected chi connectivity index (χ4v) is 5.59. The summed E-state index contributed by atoms with van der Waals surface area (Å²) in [5.74, 6) is -1.43. The smallest absolute Gasteiger partial charge is 0.336 e. The lowest BCUT2D eigenvalue weighted by Gasteiger charge is -2.31. The number of nitrogens with one attached hydrogen (secondary N) is 3. The van der Waals surface area contributed by atoms with Crippen molar-refractivity contribution in [3.05, 3.63) is 75.9 Å². The Morgan fingerprint density at radius 1 is 0.952 bits per heavy atom. The average molecular weight is 591 g/mol. The number of ether oxygens (including phenoxy) is 3. The summed E-state index contributed by atoms with van der Waals surface area (Å²) in [5, 5.41) is 11.8. The lowest BCUT2D eigenvalue weighted by atomic mass is 9.79. The van der Waals surface area contributed by atoms with Crippen molar-refractivity contribution in [3.8, 4) is 17.0 Å². The van der Waals surface area contributed by atoms with Gasteiger partial charge in [-0.3, -0.25) is 4.79 Å². The number of para-hydroxylation sites is 1. The highest BCUT2D eigenvalue weighted by molar-refractivity contribution is 7.14. The Morgan fingerprint density at radius 2 is 1.60 bits per heavy atom. The van der Waals surface area contributed by atoms with E-state index in [1.54, 1.807) is 46.9 Å². The predicted octanol–water partition coefficient (Wildman–Crippen LogP) is 5.88. The molecule has 3 aromatic rings. The zero-order chi connectivity index (χ0) is 30.4. The second-order valence-electron chi connectivity index (χ2n) is 9.42. The van der Waals surface area contributed by atoms with Gasteiger partial charge in [-0.2, -0.15) is 0 Å². The molecule has 0 bridgehead atoms. The normalized spacial score (nSPS) is 13.4. The fourth-order valence-electron chi connectivity index (χ4n) is 4.86. The van der Waals surface area contributed by atoms with Crippen molar-refractivity contribution in [2.45, 2.75) is 40.5 Å². The number of carbonyl (C=O) groups excluding carboxylic acids is 3. The Labute approximate surface area is 248 Å². The topological polar surface area (TPSA) is 128 Å². The first-order chi connectivity index (χ1) is 20.2. The number of thiazole rings is 1. The molecule has 0 radical (unpaired) electrons. The molecule has 0 spiro atoms. The Balaban J connectivity index is 1.75. The Morgan fingerprint density at radius 3 is 2.19 bits per heavy atom. The first kappa shape index (κ1) is 30.3. The molecule has 3 N–H and O–H groups in total. The van der Waals surface area contributed by atoms with E-state index in [9.17, 15) is 14.4 Å². The SMILES string of the molecule is CCOC(=O)C1=C(C)NC(C)=C(C(=O)OCC)C1c1ccccc1Nc1nc(-c2ccc(OC)c(NC(C)=O)c2)cs1. The van der Waals surface area contributed by atoms with Gasteiger partial charge in [0.15, 0.2) is 5.13 Å². The molecule has 1 aliphatic heterocycles. The summed E-state index contributed by atoms with van der Waals surface area (Å²) in [7, 11) is 1.54. The second kappa shape index (κ2) is 13.3. The van der Waals surface area contributed by atoms with Crippen LogP contribution < -0.4 is 20.7 Å². The Hall–Kier alpha value is -4.64. The maximum atomic E-state index is 13.2. The van der Waals surface area contributed by atoms with Crippen molar-refractivity contribution in [1.82, 2.24) is 10.3 Å². The molecule has 4 rings (SSSR count). The number of hydrogen-bond donors (Lipinski definition) is 3. The summed E-state index contributed by atoms with van der Waals surface area (Å²) in [4.78, 5) is 42.9. The van der Waals surface area contributed by atoms with Crippen LogP contribution in [0.15, 0.2) is 70.4 Å². The van der Waals surface area contributed by atoms with Crippen LogP contribution in [-0.2, 0) is 23.9 Å². The van der Waals surface area contributed by atoms with Crippen LogP contribution in [0.3, 0.4) is 0 Å². The van der Waals surface area contributed by atoms with E-state index in [0.717, 1.165) is 5.56 Å². The number of methoxy groups -OCH3 is 1. The van der Waals surface area contributed by atoms with Gasteiger partial charge in [0.1, 0.15) is 5.75 Å². The van der Waals surface area contributed by atoms with Crippen LogP contribution in [0, 0.1) is 0 Å². The molecular formula is C31H34N4O6S. The first-order valence-electron chi connectivity index (χ1n) is 13.5. The number of aromatic nitrogens is 1. The molecule has 1 aliphatic rings. The molecule has 0 unspecified atom stereocenters. The van der Waals surface area contributed by atoms with E-state index in [4.69, 9.17) is 19.2 Å². The maximum Gasteiger partial charge on any atom is 0.336 e. The van der Waals surface area contributed by atoms with E-state index in [0.29, 0.717) is 56.1 Å². The lowest BCUT2D eigenvalue weighted by molar-refractivity contribution is -0.139. The third-order valence-corrected chi connectivity index (χ3v) is 7.33. The number of nitrogens with zero attached hydrogens (tertiary/aromatic N) is 1. The second-order valence-corrected chi connectivity index (χ2v) is 10.3. The summed E-state index contributed by atoms with van der Waals surface area (Å²) < 4.78 is 16.2. The largest absolute Gasteiger partial charge is 0.495 e. The van der Waals surface area contributed by atoms with Gasteiger partial charge in [0.2, 0.25) is 5.91 Å². The van der Waals surface area contributed by atoms with Crippen LogP contribution in [0.4, 0.5) is 16.5 Å². The Kier molecular flexibility index (Phi) is 9.64. The van der Waals surface area contributed by atoms with Crippen molar-refractivity contribution in [3.63, 3.8) is 0 Å². The molecule has 42 heavy (non-hydrogen) atoms. The quantitative estimate of drug-likeness (QED) is 0.248. The third kappa shape index (κ3) is 6.46. The van der Waals surface area contributed by atoms with Crippen molar-refractivity contribution >= 4 is 45.7 Å².